The number of nitrogens with one attached hydrogen (secondary N) is 1. The van der Waals surface area contributed by atoms with Crippen LogP contribution in [0.5, 0.6) is 0 Å². The number of hydrogen-bond acceptors (Lipinski definition) is 7. The molecule has 0 radical (unpaired) electrons. The van der Waals surface area contributed by atoms with Gasteiger partial charge in [0.15, 0.2) is 0 Å². The van der Waals surface area contributed by atoms with Gasteiger partial charge in [0.1, 0.15) is 12.0 Å². The molecule has 3 aromatic rings. The van der Waals surface area contributed by atoms with E-state index in [1.807, 2.05) is 24.3 Å². The average Bonchev–Trinajstić information content (AvgIpc) is 3.18. The number of aliphatic hydroxyl groups excluding tert-OH is 1. The first-order valence-electron chi connectivity index (χ1n) is 6.42. The van der Waals surface area contributed by atoms with E-state index < -0.39 is 0 Å². The molecule has 0 aliphatic rings. The molecule has 3 rings (SSSR count). The molecule has 0 bridgehead atoms. The van der Waals surface area contributed by atoms with Crippen LogP contribution in [0.3, 0.4) is 0 Å². The van der Waals surface area contributed by atoms with Crippen LogP contribution in [0.2, 0.25) is 0 Å². The summed E-state index contributed by atoms with van der Waals surface area (Å²) in [4.78, 5) is 0. The third kappa shape index (κ3) is 3.20. The van der Waals surface area contributed by atoms with Crippen LogP contribution in [0.4, 0.5) is 5.69 Å². The Balaban J connectivity index is 1.60. The second kappa shape index (κ2) is 6.09. The SMILES string of the molecule is OCCn1cc(CNc2ccc(-n3cnnn3)cc2)nn1. The zero-order valence-electron chi connectivity index (χ0n) is 11.2. The third-order valence-corrected chi connectivity index (χ3v) is 2.87. The molecule has 0 atom stereocenters. The van der Waals surface area contributed by atoms with Gasteiger partial charge in [0, 0.05) is 5.69 Å². The molecule has 108 valence electrons. The first kappa shape index (κ1) is 13.2. The second-order valence-corrected chi connectivity index (χ2v) is 4.35. The largest absolute Gasteiger partial charge is 0.394 e. The molecule has 0 aliphatic heterocycles. The number of rotatable bonds is 6. The van der Waals surface area contributed by atoms with E-state index in [1.54, 1.807) is 21.9 Å². The number of anilines is 1. The van der Waals surface area contributed by atoms with Gasteiger partial charge >= 0.3 is 0 Å². The molecule has 0 unspecified atom stereocenters. The lowest BCUT2D eigenvalue weighted by Crippen LogP contribution is -2.02. The number of hydrogen-bond donors (Lipinski definition) is 2. The molecule has 2 N–H and O–H groups in total. The summed E-state index contributed by atoms with van der Waals surface area (Å²) in [5.41, 5.74) is 2.66. The number of nitrogens with zero attached hydrogens (tertiary/aromatic N) is 7. The van der Waals surface area contributed by atoms with Crippen molar-refractivity contribution in [2.75, 3.05) is 11.9 Å². The van der Waals surface area contributed by atoms with Crippen molar-refractivity contribution in [1.82, 2.24) is 35.2 Å². The maximum Gasteiger partial charge on any atom is 0.143 e. The molecule has 2 aromatic heterocycles. The Morgan fingerprint density at radius 2 is 2.00 bits per heavy atom. The van der Waals surface area contributed by atoms with Crippen molar-refractivity contribution in [2.45, 2.75) is 13.1 Å². The molecule has 9 heteroatoms. The topological polar surface area (TPSA) is 107 Å². The van der Waals surface area contributed by atoms with E-state index in [9.17, 15) is 0 Å². The van der Waals surface area contributed by atoms with Crippen LogP contribution >= 0.6 is 0 Å². The van der Waals surface area contributed by atoms with Gasteiger partial charge in [-0.3, -0.25) is 0 Å². The Morgan fingerprint density at radius 1 is 1.14 bits per heavy atom. The summed E-state index contributed by atoms with van der Waals surface area (Å²) in [5.74, 6) is 0. The van der Waals surface area contributed by atoms with E-state index in [0.29, 0.717) is 13.1 Å². The highest BCUT2D eigenvalue weighted by Gasteiger charge is 2.01. The molecule has 0 spiro atoms. The predicted molar refractivity (Wildman–Crippen MR) is 73.6 cm³/mol. The Morgan fingerprint density at radius 3 is 2.71 bits per heavy atom. The summed E-state index contributed by atoms with van der Waals surface area (Å²) in [6, 6.07) is 7.72. The van der Waals surface area contributed by atoms with Crippen molar-refractivity contribution in [1.29, 1.82) is 0 Å². The maximum absolute atomic E-state index is 8.82. The van der Waals surface area contributed by atoms with E-state index >= 15 is 0 Å². The van der Waals surface area contributed by atoms with Crippen LogP contribution in [0, 0.1) is 0 Å². The fourth-order valence-electron chi connectivity index (χ4n) is 1.84. The highest BCUT2D eigenvalue weighted by molar-refractivity contribution is 5.48. The van der Waals surface area contributed by atoms with Crippen molar-refractivity contribution in [3.63, 3.8) is 0 Å². The van der Waals surface area contributed by atoms with Crippen LogP contribution in [0.1, 0.15) is 5.69 Å². The minimum absolute atomic E-state index is 0.0504. The lowest BCUT2D eigenvalue weighted by molar-refractivity contribution is 0.268. The molecular formula is C12H14N8O. The Kier molecular flexibility index (Phi) is 3.83. The third-order valence-electron chi connectivity index (χ3n) is 2.87. The van der Waals surface area contributed by atoms with Gasteiger partial charge in [-0.1, -0.05) is 5.21 Å². The summed E-state index contributed by atoms with van der Waals surface area (Å²) >= 11 is 0. The van der Waals surface area contributed by atoms with Gasteiger partial charge in [-0.05, 0) is 34.7 Å². The molecule has 0 saturated carbocycles. The fraction of sp³-hybridized carbons (Fsp3) is 0.250. The Bertz CT molecular complexity index is 676. The number of benzene rings is 1. The molecular weight excluding hydrogens is 272 g/mol. The lowest BCUT2D eigenvalue weighted by atomic mass is 10.3. The van der Waals surface area contributed by atoms with Gasteiger partial charge in [-0.25, -0.2) is 9.36 Å². The van der Waals surface area contributed by atoms with E-state index in [4.69, 9.17) is 5.11 Å². The highest BCUT2D eigenvalue weighted by Crippen LogP contribution is 2.12. The number of tetrazole rings is 1. The minimum Gasteiger partial charge on any atom is -0.394 e. The molecule has 0 fully saturated rings. The van der Waals surface area contributed by atoms with Gasteiger partial charge in [0.2, 0.25) is 0 Å². The summed E-state index contributed by atoms with van der Waals surface area (Å²) in [5, 5.41) is 31.0. The summed E-state index contributed by atoms with van der Waals surface area (Å²) < 4.78 is 3.20. The monoisotopic (exact) mass is 286 g/mol. The second-order valence-electron chi connectivity index (χ2n) is 4.35. The number of aromatic nitrogens is 7. The average molecular weight is 286 g/mol. The van der Waals surface area contributed by atoms with Crippen LogP contribution in [-0.2, 0) is 13.1 Å². The summed E-state index contributed by atoms with van der Waals surface area (Å²) in [7, 11) is 0. The predicted octanol–water partition coefficient (Wildman–Crippen LogP) is -0.142. The van der Waals surface area contributed by atoms with Gasteiger partial charge in [-0.15, -0.1) is 10.2 Å². The van der Waals surface area contributed by atoms with Gasteiger partial charge in [-0.2, -0.15) is 0 Å². The van der Waals surface area contributed by atoms with Crippen molar-refractivity contribution in [3.05, 3.63) is 42.5 Å². The first-order valence-corrected chi connectivity index (χ1v) is 6.42. The van der Waals surface area contributed by atoms with E-state index in [0.717, 1.165) is 17.1 Å². The first-order chi connectivity index (χ1) is 10.3. The molecule has 9 nitrogen and oxygen atoms in total. The zero-order valence-corrected chi connectivity index (χ0v) is 11.2. The summed E-state index contributed by atoms with van der Waals surface area (Å²) in [6.07, 6.45) is 3.35. The van der Waals surface area contributed by atoms with Crippen LogP contribution in [0.25, 0.3) is 5.69 Å². The molecule has 1 aromatic carbocycles. The molecule has 2 heterocycles. The van der Waals surface area contributed by atoms with Crippen molar-refractivity contribution in [2.24, 2.45) is 0 Å². The number of aliphatic hydroxyl groups is 1. The van der Waals surface area contributed by atoms with E-state index in [2.05, 4.69) is 31.2 Å². The van der Waals surface area contributed by atoms with Crippen LogP contribution < -0.4 is 5.32 Å². The van der Waals surface area contributed by atoms with E-state index in [1.165, 1.54) is 0 Å². The highest BCUT2D eigenvalue weighted by atomic mass is 16.3. The van der Waals surface area contributed by atoms with Crippen molar-refractivity contribution < 1.29 is 5.11 Å². The Hall–Kier alpha value is -2.81. The Labute approximate surface area is 120 Å². The standard InChI is InChI=1S/C12H14N8O/c21-6-5-19-8-11(15-17-19)7-13-10-1-3-12(4-2-10)20-9-14-16-18-20/h1-4,8-9,13,21H,5-7H2. The summed E-state index contributed by atoms with van der Waals surface area (Å²) in [6.45, 7) is 1.07. The fourth-order valence-corrected chi connectivity index (χ4v) is 1.84. The van der Waals surface area contributed by atoms with Gasteiger partial charge in [0.25, 0.3) is 0 Å². The quantitative estimate of drug-likeness (QED) is 0.649. The van der Waals surface area contributed by atoms with Gasteiger partial charge in [0.05, 0.1) is 31.6 Å². The molecule has 0 aliphatic carbocycles. The molecule has 21 heavy (non-hydrogen) atoms. The maximum atomic E-state index is 8.82. The lowest BCUT2D eigenvalue weighted by Gasteiger charge is -2.05. The van der Waals surface area contributed by atoms with E-state index in [-0.39, 0.29) is 6.61 Å². The minimum atomic E-state index is 0.0504. The normalized spacial score (nSPS) is 10.7. The van der Waals surface area contributed by atoms with Gasteiger partial charge < -0.3 is 10.4 Å². The van der Waals surface area contributed by atoms with Crippen LogP contribution in [-0.4, -0.2) is 46.9 Å². The van der Waals surface area contributed by atoms with Crippen molar-refractivity contribution >= 4 is 5.69 Å². The smallest absolute Gasteiger partial charge is 0.143 e. The molecule has 0 amide bonds. The van der Waals surface area contributed by atoms with Crippen molar-refractivity contribution in [3.8, 4) is 5.69 Å². The zero-order chi connectivity index (χ0) is 14.5. The molecule has 0 saturated heterocycles. The van der Waals surface area contributed by atoms with Crippen LogP contribution in [0.15, 0.2) is 36.8 Å².